The van der Waals surface area contributed by atoms with Gasteiger partial charge in [-0.15, -0.1) is 0 Å². The summed E-state index contributed by atoms with van der Waals surface area (Å²) in [7, 11) is 3.31. The third-order valence-electron chi connectivity index (χ3n) is 2.65. The summed E-state index contributed by atoms with van der Waals surface area (Å²) in [4.78, 5) is 28.7. The van der Waals surface area contributed by atoms with Crippen molar-refractivity contribution in [2.75, 3.05) is 14.1 Å². The van der Waals surface area contributed by atoms with Crippen LogP contribution in [0.3, 0.4) is 0 Å². The number of carboxylic acids is 1. The molecule has 19 heavy (non-hydrogen) atoms. The van der Waals surface area contributed by atoms with Gasteiger partial charge >= 0.3 is 5.97 Å². The lowest BCUT2D eigenvalue weighted by molar-refractivity contribution is -0.121. The molecule has 0 unspecified atom stereocenters. The molecule has 0 aliphatic carbocycles. The van der Waals surface area contributed by atoms with Crippen LogP contribution in [-0.4, -0.2) is 41.1 Å². The maximum absolute atomic E-state index is 11.9. The highest BCUT2D eigenvalue weighted by molar-refractivity contribution is 8.18. The fourth-order valence-corrected chi connectivity index (χ4v) is 2.55. The minimum absolute atomic E-state index is 0.104. The summed E-state index contributed by atoms with van der Waals surface area (Å²) >= 11 is 1.30. The average molecular weight is 276 g/mol. The number of hydrogen-bond acceptors (Lipinski definition) is 4. The Bertz CT molecular complexity index is 590. The Morgan fingerprint density at radius 2 is 2.00 bits per heavy atom. The first-order valence-electron chi connectivity index (χ1n) is 5.50. The number of nitrogens with zero attached hydrogens (tertiary/aromatic N) is 2. The van der Waals surface area contributed by atoms with Crippen LogP contribution in [0.5, 0.6) is 0 Å². The Hall–Kier alpha value is -2.08. The number of aromatic carboxylic acids is 1. The second-order valence-corrected chi connectivity index (χ2v) is 4.92. The van der Waals surface area contributed by atoms with Crippen LogP contribution in [0.4, 0.5) is 0 Å². The van der Waals surface area contributed by atoms with Crippen molar-refractivity contribution in [1.29, 1.82) is 0 Å². The third-order valence-corrected chi connectivity index (χ3v) is 3.80. The van der Waals surface area contributed by atoms with Crippen molar-refractivity contribution in [1.82, 2.24) is 4.90 Å². The lowest BCUT2D eigenvalue weighted by atomic mass is 10.1. The Kier molecular flexibility index (Phi) is 3.71. The van der Waals surface area contributed by atoms with E-state index in [2.05, 4.69) is 4.99 Å². The van der Waals surface area contributed by atoms with Crippen molar-refractivity contribution in [3.05, 3.63) is 40.3 Å². The number of rotatable bonds is 2. The quantitative estimate of drug-likeness (QED) is 0.838. The van der Waals surface area contributed by atoms with E-state index in [1.54, 1.807) is 32.3 Å². The minimum atomic E-state index is -0.967. The predicted octanol–water partition coefficient (Wildman–Crippen LogP) is 1.92. The number of thioether (sulfide) groups is 1. The molecule has 5 nitrogen and oxygen atoms in total. The van der Waals surface area contributed by atoms with E-state index < -0.39 is 5.97 Å². The van der Waals surface area contributed by atoms with Gasteiger partial charge in [-0.1, -0.05) is 12.1 Å². The van der Waals surface area contributed by atoms with E-state index in [9.17, 15) is 9.59 Å². The second kappa shape index (κ2) is 5.27. The molecule has 1 aromatic rings. The summed E-state index contributed by atoms with van der Waals surface area (Å²) in [6.45, 7) is 0. The summed E-state index contributed by atoms with van der Waals surface area (Å²) in [5.74, 6) is -1.07. The van der Waals surface area contributed by atoms with Gasteiger partial charge in [-0.3, -0.25) is 14.7 Å². The number of hydrogen-bond donors (Lipinski definition) is 1. The van der Waals surface area contributed by atoms with Gasteiger partial charge in [0.15, 0.2) is 5.17 Å². The van der Waals surface area contributed by atoms with Gasteiger partial charge in [0.2, 0.25) is 0 Å². The van der Waals surface area contributed by atoms with Crippen LogP contribution in [0.1, 0.15) is 15.9 Å². The van der Waals surface area contributed by atoms with Crippen LogP contribution in [0, 0.1) is 0 Å². The van der Waals surface area contributed by atoms with Gasteiger partial charge in [-0.05, 0) is 35.5 Å². The normalized spacial score (nSPS) is 19.5. The number of amidine groups is 1. The van der Waals surface area contributed by atoms with E-state index in [0.29, 0.717) is 10.1 Å². The van der Waals surface area contributed by atoms with Crippen molar-refractivity contribution < 1.29 is 14.7 Å². The van der Waals surface area contributed by atoms with Gasteiger partial charge in [0, 0.05) is 14.1 Å². The smallest absolute Gasteiger partial charge is 0.335 e. The van der Waals surface area contributed by atoms with Crippen molar-refractivity contribution >= 4 is 34.9 Å². The number of carbonyl (C=O) groups is 2. The van der Waals surface area contributed by atoms with Crippen molar-refractivity contribution in [3.8, 4) is 0 Å². The van der Waals surface area contributed by atoms with Crippen molar-refractivity contribution in [3.63, 3.8) is 0 Å². The fraction of sp³-hybridized carbons (Fsp3) is 0.154. The average Bonchev–Trinajstić information content (AvgIpc) is 2.67. The zero-order valence-electron chi connectivity index (χ0n) is 10.5. The number of benzene rings is 1. The summed E-state index contributed by atoms with van der Waals surface area (Å²) in [6.07, 6.45) is 1.73. The largest absolute Gasteiger partial charge is 0.478 e. The van der Waals surface area contributed by atoms with Crippen LogP contribution in [0.25, 0.3) is 6.08 Å². The van der Waals surface area contributed by atoms with E-state index in [-0.39, 0.29) is 11.5 Å². The van der Waals surface area contributed by atoms with E-state index in [0.717, 1.165) is 5.56 Å². The maximum Gasteiger partial charge on any atom is 0.335 e. The van der Waals surface area contributed by atoms with Gasteiger partial charge in [0.25, 0.3) is 5.91 Å². The van der Waals surface area contributed by atoms with Gasteiger partial charge in [0.05, 0.1) is 10.5 Å². The van der Waals surface area contributed by atoms with Crippen LogP contribution in [-0.2, 0) is 4.79 Å². The standard InChI is InChI=1S/C13H12N2O3S/c1-14-13-15(2)11(16)10(19-13)7-8-3-5-9(6-4-8)12(17)18/h3-7H,1-2H3,(H,17,18)/b10-7-,14-13?. The second-order valence-electron chi connectivity index (χ2n) is 3.91. The Balaban J connectivity index is 2.27. The Morgan fingerprint density at radius 1 is 1.37 bits per heavy atom. The molecule has 1 heterocycles. The monoisotopic (exact) mass is 276 g/mol. The Labute approximate surface area is 114 Å². The molecular weight excluding hydrogens is 264 g/mol. The van der Waals surface area contributed by atoms with Gasteiger partial charge in [0.1, 0.15) is 0 Å². The predicted molar refractivity (Wildman–Crippen MR) is 75.1 cm³/mol. The molecule has 0 spiro atoms. The third kappa shape index (κ3) is 2.68. The maximum atomic E-state index is 11.9. The van der Waals surface area contributed by atoms with E-state index in [4.69, 9.17) is 5.11 Å². The number of amides is 1. The molecule has 0 radical (unpaired) electrons. The van der Waals surface area contributed by atoms with Crippen molar-refractivity contribution in [2.24, 2.45) is 4.99 Å². The van der Waals surface area contributed by atoms with E-state index in [1.165, 1.54) is 28.8 Å². The lowest BCUT2D eigenvalue weighted by Crippen LogP contribution is -2.23. The first kappa shape index (κ1) is 13.4. The summed E-state index contributed by atoms with van der Waals surface area (Å²) in [5, 5.41) is 9.46. The zero-order chi connectivity index (χ0) is 14.0. The highest BCUT2D eigenvalue weighted by atomic mass is 32.2. The Morgan fingerprint density at radius 3 is 2.47 bits per heavy atom. The van der Waals surface area contributed by atoms with Gasteiger partial charge in [-0.2, -0.15) is 0 Å². The van der Waals surface area contributed by atoms with E-state index in [1.807, 2.05) is 0 Å². The molecule has 6 heteroatoms. The number of likely N-dealkylation sites (N-methyl/N-ethyl adjacent to an activating group) is 1. The molecule has 1 amide bonds. The lowest BCUT2D eigenvalue weighted by Gasteiger charge is -2.05. The molecule has 1 aliphatic rings. The molecule has 0 aromatic heterocycles. The van der Waals surface area contributed by atoms with E-state index >= 15 is 0 Å². The number of carbonyl (C=O) groups excluding carboxylic acids is 1. The first-order chi connectivity index (χ1) is 9.02. The number of aliphatic imine (C=N–C) groups is 1. The van der Waals surface area contributed by atoms with Gasteiger partial charge < -0.3 is 5.11 Å². The molecule has 98 valence electrons. The summed E-state index contributed by atoms with van der Waals surface area (Å²) < 4.78 is 0. The summed E-state index contributed by atoms with van der Waals surface area (Å²) in [6, 6.07) is 6.37. The molecule has 0 bridgehead atoms. The van der Waals surface area contributed by atoms with Crippen LogP contribution in [0.15, 0.2) is 34.2 Å². The molecule has 0 saturated carbocycles. The zero-order valence-corrected chi connectivity index (χ0v) is 11.3. The molecule has 1 N–H and O–H groups in total. The number of carboxylic acid groups (broad SMARTS) is 1. The van der Waals surface area contributed by atoms with Crippen LogP contribution in [0.2, 0.25) is 0 Å². The molecule has 1 aliphatic heterocycles. The first-order valence-corrected chi connectivity index (χ1v) is 6.32. The highest BCUT2D eigenvalue weighted by Crippen LogP contribution is 2.31. The molecule has 1 aromatic carbocycles. The summed E-state index contributed by atoms with van der Waals surface area (Å²) in [5.41, 5.74) is 1.01. The molecule has 0 atom stereocenters. The van der Waals surface area contributed by atoms with Crippen molar-refractivity contribution in [2.45, 2.75) is 0 Å². The molecular formula is C13H12N2O3S. The topological polar surface area (TPSA) is 70.0 Å². The molecule has 1 saturated heterocycles. The molecule has 1 fully saturated rings. The molecule has 2 rings (SSSR count). The fourth-order valence-electron chi connectivity index (χ4n) is 1.62. The minimum Gasteiger partial charge on any atom is -0.478 e. The highest BCUT2D eigenvalue weighted by Gasteiger charge is 2.29. The van der Waals surface area contributed by atoms with Crippen LogP contribution >= 0.6 is 11.8 Å². The van der Waals surface area contributed by atoms with Crippen LogP contribution < -0.4 is 0 Å². The SMILES string of the molecule is CN=C1S/C(=C\c2ccc(C(=O)O)cc2)C(=O)N1C. The van der Waals surface area contributed by atoms with Gasteiger partial charge in [-0.25, -0.2) is 4.79 Å².